The number of sulfone groups is 1. The van der Waals surface area contributed by atoms with Crippen LogP contribution < -0.4 is 10.1 Å². The van der Waals surface area contributed by atoms with Crippen molar-refractivity contribution in [3.63, 3.8) is 0 Å². The summed E-state index contributed by atoms with van der Waals surface area (Å²) in [7, 11) is -1.14. The molecule has 2 aliphatic rings. The normalized spacial score (nSPS) is 22.4. The first-order chi connectivity index (χ1) is 10.4. The van der Waals surface area contributed by atoms with Gasteiger partial charge < -0.3 is 10.1 Å². The molecule has 2 heterocycles. The molecule has 22 heavy (non-hydrogen) atoms. The van der Waals surface area contributed by atoms with E-state index in [9.17, 15) is 13.2 Å². The molecule has 1 aromatic carbocycles. The minimum atomic E-state index is -2.93. The van der Waals surface area contributed by atoms with Crippen molar-refractivity contribution in [3.05, 3.63) is 23.8 Å². The molecular weight excluding hydrogens is 304 g/mol. The van der Waals surface area contributed by atoms with Gasteiger partial charge in [0.2, 0.25) is 5.91 Å². The van der Waals surface area contributed by atoms with Crippen molar-refractivity contribution in [1.82, 2.24) is 4.90 Å². The molecule has 1 amide bonds. The molecule has 0 aliphatic carbocycles. The van der Waals surface area contributed by atoms with Gasteiger partial charge in [0.25, 0.3) is 0 Å². The molecule has 1 aromatic rings. The Morgan fingerprint density at radius 3 is 3.00 bits per heavy atom. The molecule has 0 saturated carbocycles. The maximum atomic E-state index is 12.1. The first-order valence-corrected chi connectivity index (χ1v) is 9.21. The van der Waals surface area contributed by atoms with E-state index in [0.29, 0.717) is 13.0 Å². The SMILES string of the molecule is CN(CC(=O)Nc1ccc2c(c1)CCO2)C1CCS(=O)(=O)C1. The fourth-order valence-corrected chi connectivity index (χ4v) is 4.75. The zero-order valence-electron chi connectivity index (χ0n) is 12.5. The molecule has 1 N–H and O–H groups in total. The van der Waals surface area contributed by atoms with Gasteiger partial charge in [-0.05, 0) is 37.2 Å². The van der Waals surface area contributed by atoms with E-state index in [0.717, 1.165) is 23.4 Å². The summed E-state index contributed by atoms with van der Waals surface area (Å²) in [5.41, 5.74) is 1.86. The topological polar surface area (TPSA) is 75.7 Å². The first-order valence-electron chi connectivity index (χ1n) is 7.39. The Morgan fingerprint density at radius 1 is 1.45 bits per heavy atom. The fourth-order valence-electron chi connectivity index (χ4n) is 2.94. The highest BCUT2D eigenvalue weighted by Crippen LogP contribution is 2.27. The molecule has 2 aliphatic heterocycles. The maximum Gasteiger partial charge on any atom is 0.238 e. The second-order valence-electron chi connectivity index (χ2n) is 5.94. The average Bonchev–Trinajstić information content (AvgIpc) is 3.04. The van der Waals surface area contributed by atoms with Gasteiger partial charge in [0.1, 0.15) is 5.75 Å². The zero-order valence-corrected chi connectivity index (χ0v) is 13.4. The molecule has 0 radical (unpaired) electrons. The number of carbonyl (C=O) groups is 1. The monoisotopic (exact) mass is 324 g/mol. The van der Waals surface area contributed by atoms with Crippen molar-refractivity contribution in [2.75, 3.05) is 37.0 Å². The quantitative estimate of drug-likeness (QED) is 0.881. The van der Waals surface area contributed by atoms with Crippen molar-refractivity contribution in [2.45, 2.75) is 18.9 Å². The summed E-state index contributed by atoms with van der Waals surface area (Å²) >= 11 is 0. The largest absolute Gasteiger partial charge is 0.493 e. The van der Waals surface area contributed by atoms with Gasteiger partial charge in [0.15, 0.2) is 9.84 Å². The summed E-state index contributed by atoms with van der Waals surface area (Å²) in [5, 5.41) is 2.86. The van der Waals surface area contributed by atoms with E-state index in [4.69, 9.17) is 4.74 Å². The van der Waals surface area contributed by atoms with Crippen LogP contribution in [0.5, 0.6) is 5.75 Å². The number of amides is 1. The van der Waals surface area contributed by atoms with E-state index in [1.54, 1.807) is 7.05 Å². The van der Waals surface area contributed by atoms with Gasteiger partial charge in [0.05, 0.1) is 24.7 Å². The molecule has 120 valence electrons. The number of ether oxygens (including phenoxy) is 1. The second-order valence-corrected chi connectivity index (χ2v) is 8.17. The van der Waals surface area contributed by atoms with Crippen molar-refractivity contribution < 1.29 is 17.9 Å². The predicted octanol–water partition coefficient (Wildman–Crippen LogP) is 0.679. The summed E-state index contributed by atoms with van der Waals surface area (Å²) in [6, 6.07) is 5.55. The van der Waals surface area contributed by atoms with E-state index in [2.05, 4.69) is 5.32 Å². The highest BCUT2D eigenvalue weighted by molar-refractivity contribution is 7.91. The third-order valence-electron chi connectivity index (χ3n) is 4.20. The Bertz CT molecular complexity index is 687. The van der Waals surface area contributed by atoms with Crippen LogP contribution in [0.3, 0.4) is 0 Å². The lowest BCUT2D eigenvalue weighted by Crippen LogP contribution is -2.38. The van der Waals surface area contributed by atoms with E-state index in [1.807, 2.05) is 23.1 Å². The van der Waals surface area contributed by atoms with Crippen molar-refractivity contribution in [3.8, 4) is 5.75 Å². The van der Waals surface area contributed by atoms with Gasteiger partial charge >= 0.3 is 0 Å². The number of hydrogen-bond donors (Lipinski definition) is 1. The first kappa shape index (κ1) is 15.3. The number of rotatable bonds is 4. The lowest BCUT2D eigenvalue weighted by Gasteiger charge is -2.22. The Kier molecular flexibility index (Phi) is 4.10. The Hall–Kier alpha value is -1.60. The van der Waals surface area contributed by atoms with Gasteiger partial charge in [0, 0.05) is 18.2 Å². The molecule has 1 unspecified atom stereocenters. The van der Waals surface area contributed by atoms with Crippen LogP contribution in [0.2, 0.25) is 0 Å². The number of carbonyl (C=O) groups excluding carboxylic acids is 1. The molecule has 7 heteroatoms. The number of nitrogens with one attached hydrogen (secondary N) is 1. The minimum absolute atomic E-state index is 0.0656. The highest BCUT2D eigenvalue weighted by Gasteiger charge is 2.31. The van der Waals surface area contributed by atoms with E-state index in [-0.39, 0.29) is 30.0 Å². The molecule has 0 aromatic heterocycles. The molecular formula is C15H20N2O4S. The predicted molar refractivity (Wildman–Crippen MR) is 84.0 cm³/mol. The number of nitrogens with zero attached hydrogens (tertiary/aromatic N) is 1. The van der Waals surface area contributed by atoms with Gasteiger partial charge in [-0.3, -0.25) is 9.69 Å². The van der Waals surface area contributed by atoms with Crippen molar-refractivity contribution in [1.29, 1.82) is 0 Å². The van der Waals surface area contributed by atoms with Crippen LogP contribution in [-0.2, 0) is 21.1 Å². The Balaban J connectivity index is 1.56. The molecule has 0 spiro atoms. The van der Waals surface area contributed by atoms with E-state index in [1.165, 1.54) is 0 Å². The Morgan fingerprint density at radius 2 is 2.27 bits per heavy atom. The van der Waals surface area contributed by atoms with E-state index < -0.39 is 9.84 Å². The van der Waals surface area contributed by atoms with Crippen LogP contribution in [0.4, 0.5) is 5.69 Å². The third-order valence-corrected chi connectivity index (χ3v) is 5.95. The summed E-state index contributed by atoms with van der Waals surface area (Å²) in [6.45, 7) is 0.874. The van der Waals surface area contributed by atoms with Crippen LogP contribution in [0.25, 0.3) is 0 Å². The van der Waals surface area contributed by atoms with Gasteiger partial charge in [-0.25, -0.2) is 8.42 Å². The minimum Gasteiger partial charge on any atom is -0.493 e. The van der Waals surface area contributed by atoms with Crippen LogP contribution in [0.15, 0.2) is 18.2 Å². The number of benzene rings is 1. The third kappa shape index (κ3) is 3.41. The summed E-state index contributed by atoms with van der Waals surface area (Å²) < 4.78 is 28.4. The molecule has 1 fully saturated rings. The second kappa shape index (κ2) is 5.89. The van der Waals surface area contributed by atoms with Crippen LogP contribution in [-0.4, -0.2) is 57.0 Å². The van der Waals surface area contributed by atoms with Crippen LogP contribution in [0, 0.1) is 0 Å². The molecule has 0 bridgehead atoms. The van der Waals surface area contributed by atoms with Crippen molar-refractivity contribution >= 4 is 21.4 Å². The number of hydrogen-bond acceptors (Lipinski definition) is 5. The smallest absolute Gasteiger partial charge is 0.238 e. The standard InChI is InChI=1S/C15H20N2O4S/c1-17(13-5-7-22(19,20)10-13)9-15(18)16-12-2-3-14-11(8-12)4-6-21-14/h2-3,8,13H,4-7,9-10H2,1H3,(H,16,18). The highest BCUT2D eigenvalue weighted by atomic mass is 32.2. The summed E-state index contributed by atoms with van der Waals surface area (Å²) in [5.74, 6) is 1.11. The maximum absolute atomic E-state index is 12.1. The van der Waals surface area contributed by atoms with Gasteiger partial charge in [-0.2, -0.15) is 0 Å². The number of likely N-dealkylation sites (N-methyl/N-ethyl adjacent to an activating group) is 1. The molecule has 1 saturated heterocycles. The average molecular weight is 324 g/mol. The van der Waals surface area contributed by atoms with Gasteiger partial charge in [-0.15, -0.1) is 0 Å². The summed E-state index contributed by atoms with van der Waals surface area (Å²) in [6.07, 6.45) is 1.46. The zero-order chi connectivity index (χ0) is 15.7. The summed E-state index contributed by atoms with van der Waals surface area (Å²) in [4.78, 5) is 13.9. The molecule has 1 atom stereocenters. The fraction of sp³-hybridized carbons (Fsp3) is 0.533. The van der Waals surface area contributed by atoms with Gasteiger partial charge in [-0.1, -0.05) is 0 Å². The van der Waals surface area contributed by atoms with Crippen molar-refractivity contribution in [2.24, 2.45) is 0 Å². The lowest BCUT2D eigenvalue weighted by molar-refractivity contribution is -0.117. The number of anilines is 1. The number of fused-ring (bicyclic) bond motifs is 1. The lowest BCUT2D eigenvalue weighted by atomic mass is 10.1. The van der Waals surface area contributed by atoms with E-state index >= 15 is 0 Å². The van der Waals surface area contributed by atoms with Crippen LogP contribution in [0.1, 0.15) is 12.0 Å². The molecule has 6 nitrogen and oxygen atoms in total. The molecule has 3 rings (SSSR count). The van der Waals surface area contributed by atoms with Crippen LogP contribution >= 0.6 is 0 Å². The Labute approximate surface area is 130 Å².